The first-order valence-corrected chi connectivity index (χ1v) is 5.65. The second-order valence-corrected chi connectivity index (χ2v) is 5.13. The molecule has 1 unspecified atom stereocenters. The van der Waals surface area contributed by atoms with Crippen molar-refractivity contribution < 1.29 is 17.3 Å². The van der Waals surface area contributed by atoms with Crippen LogP contribution in [0.4, 0.5) is 0 Å². The summed E-state index contributed by atoms with van der Waals surface area (Å²) in [6, 6.07) is 0. The van der Waals surface area contributed by atoms with Crippen molar-refractivity contribution in [3.05, 3.63) is 0 Å². The minimum Gasteiger partial charge on any atom is -0.373 e. The Bertz CT molecular complexity index is 255. The zero-order valence-electron chi connectivity index (χ0n) is 7.53. The monoisotopic (exact) mass is 194 g/mol. The molecule has 0 aliphatic carbocycles. The van der Waals surface area contributed by atoms with E-state index in [1.54, 1.807) is 0 Å². The molecule has 0 aromatic carbocycles. The fourth-order valence-electron chi connectivity index (χ4n) is 1.24. The third kappa shape index (κ3) is 2.43. The highest BCUT2D eigenvalue weighted by molar-refractivity contribution is 7.86. The van der Waals surface area contributed by atoms with Gasteiger partial charge in [-0.1, -0.05) is 0 Å². The Balaban J connectivity index is 2.65. The van der Waals surface area contributed by atoms with Gasteiger partial charge < -0.3 is 4.74 Å². The third-order valence-corrected chi connectivity index (χ3v) is 2.50. The highest BCUT2D eigenvalue weighted by atomic mass is 32.2. The average Bonchev–Trinajstić information content (AvgIpc) is 2.07. The van der Waals surface area contributed by atoms with Crippen molar-refractivity contribution in [3.63, 3.8) is 0 Å². The summed E-state index contributed by atoms with van der Waals surface area (Å²) in [6.07, 6.45) is 1.36. The molecule has 4 nitrogen and oxygen atoms in total. The summed E-state index contributed by atoms with van der Waals surface area (Å²) < 4.78 is 31.8. The van der Waals surface area contributed by atoms with E-state index in [1.807, 2.05) is 13.8 Å². The van der Waals surface area contributed by atoms with Crippen LogP contribution in [0.1, 0.15) is 20.3 Å². The SMILES string of the molecule is CC1(C)OCCC1OS(C)(=O)=O. The Morgan fingerprint density at radius 3 is 2.42 bits per heavy atom. The first kappa shape index (κ1) is 9.95. The van der Waals surface area contributed by atoms with E-state index in [0.29, 0.717) is 13.0 Å². The summed E-state index contributed by atoms with van der Waals surface area (Å²) in [5.41, 5.74) is -0.483. The first-order valence-electron chi connectivity index (χ1n) is 3.83. The predicted octanol–water partition coefficient (Wildman–Crippen LogP) is 0.530. The Morgan fingerprint density at radius 2 is 2.08 bits per heavy atom. The smallest absolute Gasteiger partial charge is 0.264 e. The van der Waals surface area contributed by atoms with Gasteiger partial charge in [0, 0.05) is 6.42 Å². The minimum atomic E-state index is -3.36. The Hall–Kier alpha value is -0.130. The molecule has 1 heterocycles. The molecule has 1 saturated heterocycles. The molecule has 1 rings (SSSR count). The Labute approximate surface area is 73.0 Å². The second kappa shape index (κ2) is 2.97. The molecular formula is C7H14O4S. The van der Waals surface area contributed by atoms with Gasteiger partial charge in [0.15, 0.2) is 0 Å². The normalized spacial score (nSPS) is 29.1. The summed E-state index contributed by atoms with van der Waals surface area (Å²) in [7, 11) is -3.36. The lowest BCUT2D eigenvalue weighted by Crippen LogP contribution is -2.35. The molecule has 1 fully saturated rings. The lowest BCUT2D eigenvalue weighted by atomic mass is 10.0. The van der Waals surface area contributed by atoms with Crippen LogP contribution in [0.3, 0.4) is 0 Å². The van der Waals surface area contributed by atoms with Gasteiger partial charge in [-0.25, -0.2) is 0 Å². The van der Waals surface area contributed by atoms with Crippen molar-refractivity contribution in [3.8, 4) is 0 Å². The standard InChI is InChI=1S/C7H14O4S/c1-7(2)6(4-5-10-7)11-12(3,8)9/h6H,4-5H2,1-3H3. The molecule has 12 heavy (non-hydrogen) atoms. The molecule has 1 aliphatic heterocycles. The number of rotatable bonds is 2. The van der Waals surface area contributed by atoms with Gasteiger partial charge in [0.25, 0.3) is 10.1 Å². The maximum absolute atomic E-state index is 10.8. The molecular weight excluding hydrogens is 180 g/mol. The van der Waals surface area contributed by atoms with Crippen molar-refractivity contribution >= 4 is 10.1 Å². The molecule has 0 amide bonds. The third-order valence-electron chi connectivity index (χ3n) is 1.92. The molecule has 0 N–H and O–H groups in total. The topological polar surface area (TPSA) is 52.6 Å². The summed E-state index contributed by atoms with van der Waals surface area (Å²) in [4.78, 5) is 0. The van der Waals surface area contributed by atoms with Crippen molar-refractivity contribution in [2.45, 2.75) is 32.0 Å². The molecule has 1 aliphatic rings. The van der Waals surface area contributed by atoms with E-state index in [0.717, 1.165) is 6.26 Å². The first-order chi connectivity index (χ1) is 5.31. The molecule has 0 saturated carbocycles. The van der Waals surface area contributed by atoms with E-state index >= 15 is 0 Å². The van der Waals surface area contributed by atoms with Crippen LogP contribution in [-0.4, -0.2) is 33.0 Å². The molecule has 0 bridgehead atoms. The van der Waals surface area contributed by atoms with Crippen molar-refractivity contribution in [1.29, 1.82) is 0 Å². The zero-order chi connectivity index (χ0) is 9.41. The molecule has 0 radical (unpaired) electrons. The maximum Gasteiger partial charge on any atom is 0.264 e. The summed E-state index contributed by atoms with van der Waals surface area (Å²) in [6.45, 7) is 4.22. The number of hydrogen-bond donors (Lipinski definition) is 0. The number of ether oxygens (including phenoxy) is 1. The summed E-state index contributed by atoms with van der Waals surface area (Å²) >= 11 is 0. The minimum absolute atomic E-state index is 0.340. The quantitative estimate of drug-likeness (QED) is 0.602. The lowest BCUT2D eigenvalue weighted by Gasteiger charge is -2.24. The van der Waals surface area contributed by atoms with E-state index in [1.165, 1.54) is 0 Å². The highest BCUT2D eigenvalue weighted by Crippen LogP contribution is 2.28. The van der Waals surface area contributed by atoms with Gasteiger partial charge in [0.2, 0.25) is 0 Å². The fraction of sp³-hybridized carbons (Fsp3) is 1.00. The van der Waals surface area contributed by atoms with Crippen LogP contribution in [0.2, 0.25) is 0 Å². The fourth-order valence-corrected chi connectivity index (χ4v) is 1.99. The molecule has 0 aromatic heterocycles. The van der Waals surface area contributed by atoms with Crippen LogP contribution >= 0.6 is 0 Å². The van der Waals surface area contributed by atoms with Gasteiger partial charge >= 0.3 is 0 Å². The van der Waals surface area contributed by atoms with E-state index in [9.17, 15) is 8.42 Å². The maximum atomic E-state index is 10.8. The highest BCUT2D eigenvalue weighted by Gasteiger charge is 2.38. The predicted molar refractivity (Wildman–Crippen MR) is 44.4 cm³/mol. The number of hydrogen-bond acceptors (Lipinski definition) is 4. The van der Waals surface area contributed by atoms with E-state index in [2.05, 4.69) is 0 Å². The van der Waals surface area contributed by atoms with E-state index in [-0.39, 0.29) is 6.10 Å². The van der Waals surface area contributed by atoms with Crippen LogP contribution in [0, 0.1) is 0 Å². The Morgan fingerprint density at radius 1 is 1.50 bits per heavy atom. The molecule has 5 heteroatoms. The van der Waals surface area contributed by atoms with Gasteiger partial charge in [-0.2, -0.15) is 8.42 Å². The van der Waals surface area contributed by atoms with Gasteiger partial charge in [-0.15, -0.1) is 0 Å². The lowest BCUT2D eigenvalue weighted by molar-refractivity contribution is -0.0167. The largest absolute Gasteiger partial charge is 0.373 e. The van der Waals surface area contributed by atoms with Gasteiger partial charge in [-0.3, -0.25) is 4.18 Å². The van der Waals surface area contributed by atoms with E-state index < -0.39 is 15.7 Å². The van der Waals surface area contributed by atoms with E-state index in [4.69, 9.17) is 8.92 Å². The van der Waals surface area contributed by atoms with Crippen molar-refractivity contribution in [2.24, 2.45) is 0 Å². The average molecular weight is 194 g/mol. The Kier molecular flexibility index (Phi) is 2.47. The summed E-state index contributed by atoms with van der Waals surface area (Å²) in [5.74, 6) is 0. The molecule has 0 aromatic rings. The van der Waals surface area contributed by atoms with Crippen LogP contribution in [-0.2, 0) is 19.0 Å². The zero-order valence-corrected chi connectivity index (χ0v) is 8.35. The van der Waals surface area contributed by atoms with Gasteiger partial charge in [0.1, 0.15) is 6.10 Å². The van der Waals surface area contributed by atoms with Crippen LogP contribution in [0.5, 0.6) is 0 Å². The molecule has 0 spiro atoms. The summed E-state index contributed by atoms with van der Waals surface area (Å²) in [5, 5.41) is 0. The van der Waals surface area contributed by atoms with Gasteiger partial charge in [-0.05, 0) is 13.8 Å². The second-order valence-electron chi connectivity index (χ2n) is 3.53. The van der Waals surface area contributed by atoms with Crippen LogP contribution in [0.15, 0.2) is 0 Å². The molecule has 1 atom stereocenters. The molecule has 72 valence electrons. The van der Waals surface area contributed by atoms with Crippen LogP contribution < -0.4 is 0 Å². The van der Waals surface area contributed by atoms with Crippen molar-refractivity contribution in [1.82, 2.24) is 0 Å². The van der Waals surface area contributed by atoms with Crippen LogP contribution in [0.25, 0.3) is 0 Å². The van der Waals surface area contributed by atoms with Crippen molar-refractivity contribution in [2.75, 3.05) is 12.9 Å². The van der Waals surface area contributed by atoms with Gasteiger partial charge in [0.05, 0.1) is 18.5 Å².